The van der Waals surface area contributed by atoms with Crippen molar-refractivity contribution in [3.63, 3.8) is 0 Å². The average molecular weight is 220 g/mol. The van der Waals surface area contributed by atoms with E-state index in [9.17, 15) is 0 Å². The van der Waals surface area contributed by atoms with E-state index in [4.69, 9.17) is 10.8 Å². The van der Waals surface area contributed by atoms with E-state index in [0.29, 0.717) is 11.7 Å². The fraction of sp³-hybridized carbons (Fsp3) is 0.500. The van der Waals surface area contributed by atoms with Gasteiger partial charge in [-0.15, -0.1) is 0 Å². The molecule has 0 atom stereocenters. The van der Waals surface area contributed by atoms with E-state index in [1.165, 1.54) is 4.90 Å². The van der Waals surface area contributed by atoms with Crippen molar-refractivity contribution in [1.82, 2.24) is 19.8 Å². The summed E-state index contributed by atoms with van der Waals surface area (Å²) in [4.78, 5) is 5.95. The molecule has 2 rings (SSSR count). The van der Waals surface area contributed by atoms with Gasteiger partial charge in [0.2, 0.25) is 0 Å². The molecular weight excluding hydrogens is 204 g/mol. The summed E-state index contributed by atoms with van der Waals surface area (Å²) in [5.74, 6) is 1.23. The smallest absolute Gasteiger partial charge is 0.176 e. The summed E-state index contributed by atoms with van der Waals surface area (Å²) >= 11 is 0. The van der Waals surface area contributed by atoms with Crippen LogP contribution in [0.4, 0.5) is 0 Å². The molecule has 0 aromatic carbocycles. The van der Waals surface area contributed by atoms with Crippen LogP contribution in [-0.4, -0.2) is 33.2 Å². The Morgan fingerprint density at radius 3 is 2.69 bits per heavy atom. The summed E-state index contributed by atoms with van der Waals surface area (Å²) < 4.78 is 1.93. The number of hydrogen-bond donors (Lipinski definition) is 3. The molecule has 2 heterocycles. The van der Waals surface area contributed by atoms with Crippen LogP contribution in [0.15, 0.2) is 0 Å². The standard InChI is InChI=1S/C10H16N6/c1-6(11)15(2)9(12)10-14-7-4-13-5-8(7)16(10)3/h11-13H,4-5H2,1-3H3. The molecule has 1 aromatic rings. The molecule has 3 N–H and O–H groups in total. The van der Waals surface area contributed by atoms with Gasteiger partial charge in [-0.2, -0.15) is 0 Å². The lowest BCUT2D eigenvalue weighted by molar-refractivity contribution is 0.683. The van der Waals surface area contributed by atoms with Gasteiger partial charge in [0.05, 0.1) is 17.2 Å². The third-order valence-corrected chi connectivity index (χ3v) is 2.93. The highest BCUT2D eigenvalue weighted by molar-refractivity contribution is 6.04. The Morgan fingerprint density at radius 1 is 1.44 bits per heavy atom. The highest BCUT2D eigenvalue weighted by atomic mass is 15.2. The number of rotatable bonds is 1. The first-order chi connectivity index (χ1) is 7.52. The summed E-state index contributed by atoms with van der Waals surface area (Å²) in [6.07, 6.45) is 0. The van der Waals surface area contributed by atoms with Crippen LogP contribution in [0.5, 0.6) is 0 Å². The maximum atomic E-state index is 8.00. The third-order valence-electron chi connectivity index (χ3n) is 2.93. The molecule has 0 aliphatic carbocycles. The second-order valence-corrected chi connectivity index (χ2v) is 3.98. The van der Waals surface area contributed by atoms with Crippen LogP contribution in [0.25, 0.3) is 0 Å². The lowest BCUT2D eigenvalue weighted by Crippen LogP contribution is -2.33. The maximum absolute atomic E-state index is 8.00. The molecule has 0 radical (unpaired) electrons. The number of amidine groups is 2. The van der Waals surface area contributed by atoms with Crippen LogP contribution in [0.2, 0.25) is 0 Å². The predicted molar refractivity (Wildman–Crippen MR) is 61.7 cm³/mol. The van der Waals surface area contributed by atoms with Gasteiger partial charge in [0.1, 0.15) is 0 Å². The summed E-state index contributed by atoms with van der Waals surface area (Å²) in [6.45, 7) is 3.23. The van der Waals surface area contributed by atoms with Crippen LogP contribution < -0.4 is 5.32 Å². The Hall–Kier alpha value is -1.69. The van der Waals surface area contributed by atoms with Gasteiger partial charge in [0.25, 0.3) is 0 Å². The predicted octanol–water partition coefficient (Wildman–Crippen LogP) is 0.278. The number of nitrogens with one attached hydrogen (secondary N) is 3. The molecule has 1 aromatic heterocycles. The molecule has 0 spiro atoms. The molecule has 86 valence electrons. The van der Waals surface area contributed by atoms with Gasteiger partial charge in [0, 0.05) is 27.2 Å². The molecule has 0 fully saturated rings. The Bertz CT molecular complexity index is 458. The SMILES string of the molecule is CC(=N)N(C)C(=N)c1nc2c(n1C)CNC2. The van der Waals surface area contributed by atoms with Crippen LogP contribution in [0.3, 0.4) is 0 Å². The van der Waals surface area contributed by atoms with Gasteiger partial charge in [-0.05, 0) is 6.92 Å². The van der Waals surface area contributed by atoms with E-state index in [1.807, 2.05) is 11.6 Å². The molecular formula is C10H16N6. The lowest BCUT2D eigenvalue weighted by Gasteiger charge is -2.17. The summed E-state index contributed by atoms with van der Waals surface area (Å²) in [5.41, 5.74) is 2.15. The summed E-state index contributed by atoms with van der Waals surface area (Å²) in [5, 5.41) is 18.7. The van der Waals surface area contributed by atoms with Crippen molar-refractivity contribution in [2.75, 3.05) is 7.05 Å². The minimum atomic E-state index is 0.268. The Labute approximate surface area is 94.3 Å². The van der Waals surface area contributed by atoms with Gasteiger partial charge in [-0.1, -0.05) is 0 Å². The highest BCUT2D eigenvalue weighted by Gasteiger charge is 2.22. The maximum Gasteiger partial charge on any atom is 0.176 e. The fourth-order valence-electron chi connectivity index (χ4n) is 1.78. The second kappa shape index (κ2) is 3.71. The molecule has 1 aliphatic rings. The van der Waals surface area contributed by atoms with E-state index >= 15 is 0 Å². The van der Waals surface area contributed by atoms with Gasteiger partial charge in [-0.3, -0.25) is 10.8 Å². The van der Waals surface area contributed by atoms with Crippen molar-refractivity contribution in [1.29, 1.82) is 10.8 Å². The van der Waals surface area contributed by atoms with E-state index in [2.05, 4.69) is 10.3 Å². The quantitative estimate of drug-likeness (QED) is 0.469. The van der Waals surface area contributed by atoms with Gasteiger partial charge >= 0.3 is 0 Å². The summed E-state index contributed by atoms with van der Waals surface area (Å²) in [7, 11) is 3.62. The van der Waals surface area contributed by atoms with Gasteiger partial charge in [0.15, 0.2) is 11.7 Å². The molecule has 1 aliphatic heterocycles. The van der Waals surface area contributed by atoms with Crippen LogP contribution in [-0.2, 0) is 20.1 Å². The zero-order valence-corrected chi connectivity index (χ0v) is 9.76. The fourth-order valence-corrected chi connectivity index (χ4v) is 1.78. The number of nitrogens with zero attached hydrogens (tertiary/aromatic N) is 3. The van der Waals surface area contributed by atoms with Gasteiger partial charge in [-0.25, -0.2) is 4.98 Å². The minimum Gasteiger partial charge on any atom is -0.327 e. The van der Waals surface area contributed by atoms with Crippen LogP contribution in [0, 0.1) is 10.8 Å². The molecule has 16 heavy (non-hydrogen) atoms. The van der Waals surface area contributed by atoms with E-state index in [1.54, 1.807) is 14.0 Å². The van der Waals surface area contributed by atoms with Crippen LogP contribution in [0.1, 0.15) is 24.1 Å². The first kappa shape index (κ1) is 10.8. The van der Waals surface area contributed by atoms with Crippen molar-refractivity contribution in [3.8, 4) is 0 Å². The molecule has 0 amide bonds. The number of imidazole rings is 1. The van der Waals surface area contributed by atoms with Crippen LogP contribution >= 0.6 is 0 Å². The van der Waals surface area contributed by atoms with Crippen molar-refractivity contribution in [3.05, 3.63) is 17.2 Å². The third kappa shape index (κ3) is 1.51. The number of hydrogen-bond acceptors (Lipinski definition) is 4. The normalized spacial score (nSPS) is 13.7. The Balaban J connectivity index is 2.35. The second-order valence-electron chi connectivity index (χ2n) is 3.98. The first-order valence-corrected chi connectivity index (χ1v) is 5.15. The number of aromatic nitrogens is 2. The zero-order valence-electron chi connectivity index (χ0n) is 9.76. The molecule has 0 saturated carbocycles. The lowest BCUT2D eigenvalue weighted by atomic mass is 10.4. The molecule has 6 heteroatoms. The Morgan fingerprint density at radius 2 is 2.12 bits per heavy atom. The highest BCUT2D eigenvalue weighted by Crippen LogP contribution is 2.16. The van der Waals surface area contributed by atoms with Crippen molar-refractivity contribution < 1.29 is 0 Å². The van der Waals surface area contributed by atoms with E-state index in [-0.39, 0.29) is 5.84 Å². The van der Waals surface area contributed by atoms with Crippen molar-refractivity contribution in [2.45, 2.75) is 20.0 Å². The van der Waals surface area contributed by atoms with Crippen molar-refractivity contribution in [2.24, 2.45) is 7.05 Å². The molecule has 6 nitrogen and oxygen atoms in total. The monoisotopic (exact) mass is 220 g/mol. The summed E-state index contributed by atoms with van der Waals surface area (Å²) in [6, 6.07) is 0. The van der Waals surface area contributed by atoms with E-state index < -0.39 is 0 Å². The zero-order chi connectivity index (χ0) is 11.9. The minimum absolute atomic E-state index is 0.268. The topological polar surface area (TPSA) is 80.8 Å². The molecule has 0 saturated heterocycles. The first-order valence-electron chi connectivity index (χ1n) is 5.15. The van der Waals surface area contributed by atoms with Crippen molar-refractivity contribution >= 4 is 11.7 Å². The Kier molecular flexibility index (Phi) is 2.51. The average Bonchev–Trinajstić information content (AvgIpc) is 2.79. The van der Waals surface area contributed by atoms with Gasteiger partial charge < -0.3 is 14.8 Å². The largest absolute Gasteiger partial charge is 0.327 e. The number of fused-ring (bicyclic) bond motifs is 1. The van der Waals surface area contributed by atoms with E-state index in [0.717, 1.165) is 24.5 Å². The molecule has 0 bridgehead atoms. The molecule has 0 unspecified atom stereocenters.